The molecule has 2 saturated carbocycles. The second kappa shape index (κ2) is 7.42. The second-order valence-electron chi connectivity index (χ2n) is 6.90. The molecule has 2 unspecified atom stereocenters. The minimum atomic E-state index is -4.66. The fraction of sp³-hybridized carbons (Fsp3) is 0.526. The van der Waals surface area contributed by atoms with Crippen LogP contribution in [0.2, 0.25) is 0 Å². The number of hydrogen-bond acceptors (Lipinski definition) is 5. The van der Waals surface area contributed by atoms with Gasteiger partial charge in [0.15, 0.2) is 11.6 Å². The van der Waals surface area contributed by atoms with Gasteiger partial charge < -0.3 is 9.84 Å². The smallest absolute Gasteiger partial charge is 0.433 e. The summed E-state index contributed by atoms with van der Waals surface area (Å²) >= 11 is 0. The number of halogens is 3. The molecule has 2 aliphatic rings. The zero-order chi connectivity index (χ0) is 19.8. The van der Waals surface area contributed by atoms with Gasteiger partial charge in [-0.15, -0.1) is 0 Å². The van der Waals surface area contributed by atoms with Gasteiger partial charge in [0.25, 0.3) is 0 Å². The Kier molecular flexibility index (Phi) is 5.37. The van der Waals surface area contributed by atoms with E-state index < -0.39 is 29.2 Å². The topological polar surface area (TPSA) is 76.5 Å². The van der Waals surface area contributed by atoms with E-state index in [4.69, 9.17) is 4.74 Å². The first-order valence-corrected chi connectivity index (χ1v) is 8.91. The third kappa shape index (κ3) is 3.76. The normalized spacial score (nSPS) is 22.4. The fourth-order valence-electron chi connectivity index (χ4n) is 3.65. The molecule has 0 saturated heterocycles. The molecular formula is C19H20F3NO4. The Labute approximate surface area is 154 Å². The molecule has 8 heteroatoms. The summed E-state index contributed by atoms with van der Waals surface area (Å²) in [5.74, 6) is -2.10. The van der Waals surface area contributed by atoms with Gasteiger partial charge in [0.05, 0.1) is 12.3 Å². The quantitative estimate of drug-likeness (QED) is 0.362. The summed E-state index contributed by atoms with van der Waals surface area (Å²) in [5.41, 5.74) is -1.66. The summed E-state index contributed by atoms with van der Waals surface area (Å²) in [6.45, 7) is 1.88. The van der Waals surface area contributed by atoms with Gasteiger partial charge in [-0.05, 0) is 37.8 Å². The molecule has 2 atom stereocenters. The molecule has 2 aliphatic carbocycles. The largest absolute Gasteiger partial charge is 0.506 e. The summed E-state index contributed by atoms with van der Waals surface area (Å²) in [4.78, 5) is 28.6. The van der Waals surface area contributed by atoms with Gasteiger partial charge in [0.1, 0.15) is 17.0 Å². The van der Waals surface area contributed by atoms with E-state index in [0.29, 0.717) is 32.3 Å². The second-order valence-corrected chi connectivity index (χ2v) is 6.90. The molecule has 27 heavy (non-hydrogen) atoms. The van der Waals surface area contributed by atoms with Crippen molar-refractivity contribution < 1.29 is 32.6 Å². The zero-order valence-corrected chi connectivity index (χ0v) is 14.8. The zero-order valence-electron chi connectivity index (χ0n) is 14.8. The molecule has 0 radical (unpaired) electrons. The number of rotatable bonds is 5. The highest BCUT2D eigenvalue weighted by molar-refractivity contribution is 6.27. The van der Waals surface area contributed by atoms with Crippen molar-refractivity contribution in [2.24, 2.45) is 11.8 Å². The average Bonchev–Trinajstić information content (AvgIpc) is 3.07. The number of allylic oxidation sites excluding steroid dienone is 1. The molecule has 0 spiro atoms. The summed E-state index contributed by atoms with van der Waals surface area (Å²) in [7, 11) is 0. The first-order chi connectivity index (χ1) is 12.7. The number of carbonyl (C=O) groups is 2. The highest BCUT2D eigenvalue weighted by Gasteiger charge is 2.45. The SMILES string of the molecule is CCCOCc1nc(C(F)(F)F)ccc1C(O)=C1C(=O)C2CCC(C2)C1=O. The van der Waals surface area contributed by atoms with Crippen molar-refractivity contribution in [1.82, 2.24) is 4.98 Å². The highest BCUT2D eigenvalue weighted by Crippen LogP contribution is 2.42. The van der Waals surface area contributed by atoms with Crippen molar-refractivity contribution in [1.29, 1.82) is 0 Å². The van der Waals surface area contributed by atoms with Crippen molar-refractivity contribution in [2.45, 2.75) is 45.4 Å². The monoisotopic (exact) mass is 383 g/mol. The van der Waals surface area contributed by atoms with Crippen molar-refractivity contribution in [3.05, 3.63) is 34.7 Å². The summed E-state index contributed by atoms with van der Waals surface area (Å²) in [6, 6.07) is 1.77. The van der Waals surface area contributed by atoms with Crippen molar-refractivity contribution in [2.75, 3.05) is 6.61 Å². The summed E-state index contributed by atoms with van der Waals surface area (Å²) < 4.78 is 44.3. The maximum Gasteiger partial charge on any atom is 0.433 e. The maximum absolute atomic E-state index is 13.0. The van der Waals surface area contributed by atoms with E-state index in [2.05, 4.69) is 4.98 Å². The van der Waals surface area contributed by atoms with Crippen LogP contribution in [0, 0.1) is 11.8 Å². The molecule has 0 amide bonds. The van der Waals surface area contributed by atoms with Gasteiger partial charge in [-0.2, -0.15) is 13.2 Å². The lowest BCUT2D eigenvalue weighted by Gasteiger charge is -2.21. The molecule has 2 bridgehead atoms. The van der Waals surface area contributed by atoms with E-state index in [0.717, 1.165) is 12.1 Å². The Morgan fingerprint density at radius 2 is 1.85 bits per heavy atom. The predicted octanol–water partition coefficient (Wildman–Crippen LogP) is 3.86. The van der Waals surface area contributed by atoms with Crippen molar-refractivity contribution >= 4 is 17.3 Å². The van der Waals surface area contributed by atoms with E-state index >= 15 is 0 Å². The van der Waals surface area contributed by atoms with Crippen LogP contribution in [0.15, 0.2) is 17.7 Å². The van der Waals surface area contributed by atoms with Crippen LogP contribution >= 0.6 is 0 Å². The Morgan fingerprint density at radius 1 is 1.22 bits per heavy atom. The standard InChI is InChI=1S/C19H20F3NO4/c1-2-7-27-9-13-12(5-6-14(23-13)19(20,21)22)18(26)15-16(24)10-3-4-11(8-10)17(15)25/h5-6,10-11,26H,2-4,7-9H2,1H3. The third-order valence-corrected chi connectivity index (χ3v) is 5.01. The lowest BCUT2D eigenvalue weighted by molar-refractivity contribution is -0.141. The molecule has 146 valence electrons. The predicted molar refractivity (Wildman–Crippen MR) is 89.6 cm³/mol. The molecule has 1 aromatic heterocycles. The average molecular weight is 383 g/mol. The number of carbonyl (C=O) groups excluding carboxylic acids is 2. The number of ether oxygens (including phenoxy) is 1. The van der Waals surface area contributed by atoms with E-state index in [1.54, 1.807) is 0 Å². The van der Waals surface area contributed by atoms with Gasteiger partial charge in [-0.25, -0.2) is 4.98 Å². The van der Waals surface area contributed by atoms with Crippen LogP contribution in [-0.4, -0.2) is 28.3 Å². The van der Waals surface area contributed by atoms with E-state index in [9.17, 15) is 27.9 Å². The van der Waals surface area contributed by atoms with Gasteiger partial charge in [0, 0.05) is 24.0 Å². The third-order valence-electron chi connectivity index (χ3n) is 5.01. The van der Waals surface area contributed by atoms with E-state index in [1.165, 1.54) is 0 Å². The number of fused-ring (bicyclic) bond motifs is 2. The lowest BCUT2D eigenvalue weighted by Crippen LogP contribution is -2.30. The van der Waals surface area contributed by atoms with Crippen LogP contribution < -0.4 is 0 Å². The summed E-state index contributed by atoms with van der Waals surface area (Å²) in [5, 5.41) is 10.6. The van der Waals surface area contributed by atoms with Crippen LogP contribution in [0.25, 0.3) is 5.76 Å². The number of aliphatic hydroxyl groups excluding tert-OH is 1. The Bertz CT molecular complexity index is 777. The molecule has 1 N–H and O–H groups in total. The molecule has 0 aromatic carbocycles. The van der Waals surface area contributed by atoms with Gasteiger partial charge in [-0.3, -0.25) is 9.59 Å². The van der Waals surface area contributed by atoms with Gasteiger partial charge in [-0.1, -0.05) is 6.92 Å². The number of ketones is 2. The first-order valence-electron chi connectivity index (χ1n) is 8.91. The highest BCUT2D eigenvalue weighted by atomic mass is 19.4. The van der Waals surface area contributed by atoms with Crippen LogP contribution in [0.5, 0.6) is 0 Å². The number of aromatic nitrogens is 1. The first kappa shape index (κ1) is 19.5. The number of alkyl halides is 3. The number of hydrogen-bond donors (Lipinski definition) is 1. The van der Waals surface area contributed by atoms with E-state index in [-0.39, 0.29) is 35.3 Å². The Morgan fingerprint density at radius 3 is 2.41 bits per heavy atom. The lowest BCUT2D eigenvalue weighted by atomic mass is 9.81. The number of Topliss-reactive ketones (excluding diaryl/α,β-unsaturated/α-hetero) is 2. The van der Waals surface area contributed by atoms with Gasteiger partial charge >= 0.3 is 6.18 Å². The minimum Gasteiger partial charge on any atom is -0.506 e. The Hall–Kier alpha value is -2.22. The summed E-state index contributed by atoms with van der Waals surface area (Å²) in [6.07, 6.45) is -2.35. The molecule has 0 aliphatic heterocycles. The van der Waals surface area contributed by atoms with Crippen LogP contribution in [0.4, 0.5) is 13.2 Å². The van der Waals surface area contributed by atoms with E-state index in [1.807, 2.05) is 6.92 Å². The molecular weight excluding hydrogens is 363 g/mol. The number of aliphatic hydroxyl groups is 1. The number of pyridine rings is 1. The van der Waals surface area contributed by atoms with Gasteiger partial charge in [0.2, 0.25) is 0 Å². The molecule has 1 heterocycles. The molecule has 5 nitrogen and oxygen atoms in total. The van der Waals surface area contributed by atoms with Crippen LogP contribution in [-0.2, 0) is 27.1 Å². The number of nitrogens with zero attached hydrogens (tertiary/aromatic N) is 1. The molecule has 1 aromatic rings. The van der Waals surface area contributed by atoms with Crippen LogP contribution in [0.3, 0.4) is 0 Å². The van der Waals surface area contributed by atoms with Crippen molar-refractivity contribution in [3.8, 4) is 0 Å². The molecule has 2 fully saturated rings. The van der Waals surface area contributed by atoms with Crippen LogP contribution in [0.1, 0.15) is 49.6 Å². The minimum absolute atomic E-state index is 0.0721. The fourth-order valence-corrected chi connectivity index (χ4v) is 3.65. The molecule has 3 rings (SSSR count). The van der Waals surface area contributed by atoms with Crippen molar-refractivity contribution in [3.63, 3.8) is 0 Å². The Balaban J connectivity index is 2.06. The maximum atomic E-state index is 13.0.